The molecule has 2 aromatic rings. The van der Waals surface area contributed by atoms with Crippen molar-refractivity contribution in [3.05, 3.63) is 48.8 Å². The lowest BCUT2D eigenvalue weighted by Crippen LogP contribution is -2.53. The van der Waals surface area contributed by atoms with E-state index >= 15 is 0 Å². The van der Waals surface area contributed by atoms with Crippen molar-refractivity contribution in [2.24, 2.45) is 0 Å². The van der Waals surface area contributed by atoms with Gasteiger partial charge in [-0.15, -0.1) is 0 Å². The molecule has 0 bridgehead atoms. The topological polar surface area (TPSA) is 127 Å². The Kier molecular flexibility index (Phi) is 8.69. The molecular formula is C19H25N3O7S. The van der Waals surface area contributed by atoms with Crippen LogP contribution in [-0.2, 0) is 24.3 Å². The van der Waals surface area contributed by atoms with Crippen LogP contribution in [0.25, 0.3) is 0 Å². The number of hydroxylamine groups is 1. The summed E-state index contributed by atoms with van der Waals surface area (Å²) in [6.07, 6.45) is 2.30. The largest absolute Gasteiger partial charge is 0.457 e. The smallest absolute Gasteiger partial charge is 0.264 e. The summed E-state index contributed by atoms with van der Waals surface area (Å²) in [6.45, 7) is 1.96. The first kappa shape index (κ1) is 23.7. The lowest BCUT2D eigenvalue weighted by molar-refractivity contribution is -0.138. The number of sulfonamides is 1. The zero-order valence-corrected chi connectivity index (χ0v) is 17.7. The number of benzene rings is 1. The molecule has 0 spiro atoms. The molecule has 164 valence electrons. The second-order valence-corrected chi connectivity index (χ2v) is 8.26. The fraction of sp³-hybridized carbons (Fsp3) is 0.368. The molecule has 0 aliphatic carbocycles. The third-order valence-corrected chi connectivity index (χ3v) is 6.12. The Labute approximate surface area is 175 Å². The zero-order chi connectivity index (χ0) is 22.1. The number of methoxy groups -OCH3 is 1. The maximum atomic E-state index is 13.0. The van der Waals surface area contributed by atoms with E-state index in [1.165, 1.54) is 50.8 Å². The van der Waals surface area contributed by atoms with Gasteiger partial charge in [0, 0.05) is 26.6 Å². The second kappa shape index (κ2) is 11.0. The van der Waals surface area contributed by atoms with Gasteiger partial charge in [0.25, 0.3) is 5.91 Å². The van der Waals surface area contributed by atoms with Crippen molar-refractivity contribution in [2.75, 3.05) is 27.4 Å². The van der Waals surface area contributed by atoms with Crippen molar-refractivity contribution >= 4 is 15.9 Å². The number of hydrogen-bond donors (Lipinski definition) is 2. The summed E-state index contributed by atoms with van der Waals surface area (Å²) in [5.74, 6) is 0.0757. The van der Waals surface area contributed by atoms with Gasteiger partial charge in [-0.05, 0) is 43.3 Å². The molecule has 0 saturated heterocycles. The molecule has 1 unspecified atom stereocenters. The molecule has 0 radical (unpaired) electrons. The van der Waals surface area contributed by atoms with Crippen molar-refractivity contribution < 1.29 is 32.6 Å². The Morgan fingerprint density at radius 3 is 2.30 bits per heavy atom. The normalized spacial score (nSPS) is 13.6. The zero-order valence-electron chi connectivity index (χ0n) is 16.9. The van der Waals surface area contributed by atoms with Gasteiger partial charge in [0.15, 0.2) is 0 Å². The summed E-state index contributed by atoms with van der Waals surface area (Å²) in [7, 11) is -1.34. The lowest BCUT2D eigenvalue weighted by Gasteiger charge is -2.30. The van der Waals surface area contributed by atoms with Gasteiger partial charge in [-0.2, -0.15) is 4.31 Å². The molecular weight excluding hydrogens is 414 g/mol. The maximum absolute atomic E-state index is 13.0. The summed E-state index contributed by atoms with van der Waals surface area (Å²) in [6, 6.07) is 7.77. The van der Waals surface area contributed by atoms with Gasteiger partial charge >= 0.3 is 0 Å². The van der Waals surface area contributed by atoms with Gasteiger partial charge in [0.05, 0.1) is 24.2 Å². The number of aromatic nitrogens is 1. The number of amides is 1. The Morgan fingerprint density at radius 1 is 1.13 bits per heavy atom. The number of carbonyl (C=O) groups is 1. The molecule has 11 heteroatoms. The molecule has 0 fully saturated rings. The van der Waals surface area contributed by atoms with Gasteiger partial charge in [0.2, 0.25) is 10.0 Å². The van der Waals surface area contributed by atoms with Crippen molar-refractivity contribution in [1.82, 2.24) is 14.8 Å². The van der Waals surface area contributed by atoms with Crippen molar-refractivity contribution in [3.8, 4) is 11.5 Å². The maximum Gasteiger partial charge on any atom is 0.264 e. The van der Waals surface area contributed by atoms with E-state index in [4.69, 9.17) is 19.4 Å². The van der Waals surface area contributed by atoms with Crippen molar-refractivity contribution in [1.29, 1.82) is 0 Å². The highest BCUT2D eigenvalue weighted by atomic mass is 32.2. The molecule has 1 aromatic carbocycles. The monoisotopic (exact) mass is 439 g/mol. The third kappa shape index (κ3) is 5.97. The number of ether oxygens (including phenoxy) is 3. The van der Waals surface area contributed by atoms with Crippen LogP contribution in [0.3, 0.4) is 0 Å². The summed E-state index contributed by atoms with van der Waals surface area (Å²) in [4.78, 5) is 16.0. The molecule has 0 aliphatic rings. The van der Waals surface area contributed by atoms with Crippen LogP contribution in [0, 0.1) is 0 Å². The van der Waals surface area contributed by atoms with Crippen molar-refractivity contribution in [2.45, 2.75) is 24.0 Å². The number of rotatable bonds is 11. The molecule has 1 aromatic heterocycles. The van der Waals surface area contributed by atoms with E-state index in [-0.39, 0.29) is 18.1 Å². The van der Waals surface area contributed by atoms with Crippen LogP contribution in [0.15, 0.2) is 53.7 Å². The van der Waals surface area contributed by atoms with Crippen molar-refractivity contribution in [3.63, 3.8) is 0 Å². The number of nitrogens with one attached hydrogen (secondary N) is 1. The molecule has 2 rings (SSSR count). The van der Waals surface area contributed by atoms with E-state index < -0.39 is 28.1 Å². The predicted octanol–water partition coefficient (Wildman–Crippen LogP) is 1.42. The first-order valence-corrected chi connectivity index (χ1v) is 10.5. The third-order valence-electron chi connectivity index (χ3n) is 4.27. The highest BCUT2D eigenvalue weighted by Crippen LogP contribution is 2.25. The number of pyridine rings is 1. The van der Waals surface area contributed by atoms with Gasteiger partial charge in [-0.1, -0.05) is 0 Å². The fourth-order valence-electron chi connectivity index (χ4n) is 2.69. The second-order valence-electron chi connectivity index (χ2n) is 6.27. The molecule has 10 nitrogen and oxygen atoms in total. The van der Waals surface area contributed by atoms with Crippen LogP contribution >= 0.6 is 0 Å². The Bertz CT molecular complexity index is 907. The first-order valence-electron chi connectivity index (χ1n) is 9.01. The van der Waals surface area contributed by atoms with E-state index in [1.54, 1.807) is 24.5 Å². The van der Waals surface area contributed by atoms with Crippen LogP contribution in [0.2, 0.25) is 0 Å². The average Bonchev–Trinajstić information content (AvgIpc) is 2.75. The number of nitrogens with zero attached hydrogens (tertiary/aromatic N) is 2. The lowest BCUT2D eigenvalue weighted by atomic mass is 10.2. The van der Waals surface area contributed by atoms with E-state index in [1.807, 2.05) is 0 Å². The quantitative estimate of drug-likeness (QED) is 0.306. The van der Waals surface area contributed by atoms with E-state index in [0.717, 1.165) is 4.31 Å². The molecule has 1 heterocycles. The highest BCUT2D eigenvalue weighted by molar-refractivity contribution is 7.89. The molecule has 2 N–H and O–H groups in total. The minimum absolute atomic E-state index is 0.0492. The highest BCUT2D eigenvalue weighted by Gasteiger charge is 2.37. The summed E-state index contributed by atoms with van der Waals surface area (Å²) < 4.78 is 42.9. The Balaban J connectivity index is 2.20. The minimum atomic E-state index is -4.07. The van der Waals surface area contributed by atoms with E-state index in [0.29, 0.717) is 11.5 Å². The molecule has 30 heavy (non-hydrogen) atoms. The van der Waals surface area contributed by atoms with Crippen LogP contribution < -0.4 is 10.2 Å². The van der Waals surface area contributed by atoms with E-state index in [2.05, 4.69) is 4.98 Å². The minimum Gasteiger partial charge on any atom is -0.457 e. The number of hydrogen-bond acceptors (Lipinski definition) is 8. The van der Waals surface area contributed by atoms with Gasteiger partial charge in [-0.3, -0.25) is 15.0 Å². The first-order chi connectivity index (χ1) is 14.3. The summed E-state index contributed by atoms with van der Waals surface area (Å²) >= 11 is 0. The summed E-state index contributed by atoms with van der Waals surface area (Å²) in [5.41, 5.74) is 1.50. The Hall–Kier alpha value is -2.57. The van der Waals surface area contributed by atoms with Gasteiger partial charge in [0.1, 0.15) is 17.5 Å². The van der Waals surface area contributed by atoms with Crippen LogP contribution in [-0.4, -0.2) is 68.3 Å². The molecule has 0 saturated carbocycles. The standard InChI is InChI=1S/C19H25N3O7S/c1-14(28-13-12-27-3)18(19(23)21-24)22(2)30(25,26)17-6-4-15(5-7-17)29-16-8-10-20-11-9-16/h4-11,14,18,24H,12-13H2,1-3H3,(H,21,23)/t14-,18?/m1/s1. The predicted molar refractivity (Wildman–Crippen MR) is 107 cm³/mol. The van der Waals surface area contributed by atoms with E-state index in [9.17, 15) is 13.2 Å². The fourth-order valence-corrected chi connectivity index (χ4v) is 4.07. The van der Waals surface area contributed by atoms with Gasteiger partial charge in [-0.25, -0.2) is 13.9 Å². The number of likely N-dealkylation sites (N-methyl/N-ethyl adjacent to an activating group) is 1. The Morgan fingerprint density at radius 2 is 1.73 bits per heavy atom. The van der Waals surface area contributed by atoms with Crippen LogP contribution in [0.4, 0.5) is 0 Å². The average molecular weight is 439 g/mol. The van der Waals surface area contributed by atoms with Crippen LogP contribution in [0.1, 0.15) is 6.92 Å². The molecule has 0 aliphatic heterocycles. The SMILES string of the molecule is COCCO[C@H](C)C(C(=O)NO)N(C)S(=O)(=O)c1ccc(Oc2ccncc2)cc1. The number of carbonyl (C=O) groups excluding carboxylic acids is 1. The van der Waals surface area contributed by atoms with Crippen LogP contribution in [0.5, 0.6) is 11.5 Å². The molecule has 2 atom stereocenters. The summed E-state index contributed by atoms with van der Waals surface area (Å²) in [5, 5.41) is 9.07. The van der Waals surface area contributed by atoms with Gasteiger partial charge < -0.3 is 14.2 Å². The molecule has 1 amide bonds.